The molecule has 0 aliphatic carbocycles. The summed E-state index contributed by atoms with van der Waals surface area (Å²) in [4.78, 5) is 28.3. The van der Waals surface area contributed by atoms with Crippen molar-refractivity contribution in [2.75, 3.05) is 19.1 Å². The van der Waals surface area contributed by atoms with Crippen LogP contribution in [0.2, 0.25) is 10.0 Å². The van der Waals surface area contributed by atoms with Crippen LogP contribution in [-0.2, 0) is 9.59 Å². The first-order chi connectivity index (χ1) is 17.7. The highest BCUT2D eigenvalue weighted by Crippen LogP contribution is 2.45. The Kier molecular flexibility index (Phi) is 7.66. The van der Waals surface area contributed by atoms with Crippen LogP contribution < -0.4 is 19.1 Å². The summed E-state index contributed by atoms with van der Waals surface area (Å²) in [6.45, 7) is 3.79. The van der Waals surface area contributed by atoms with Gasteiger partial charge < -0.3 is 19.3 Å². The zero-order valence-electron chi connectivity index (χ0n) is 20.6. The van der Waals surface area contributed by atoms with Crippen LogP contribution in [0.5, 0.6) is 17.2 Å². The molecular weight excluding hydrogens is 517 g/mol. The van der Waals surface area contributed by atoms with E-state index in [0.717, 1.165) is 0 Å². The summed E-state index contributed by atoms with van der Waals surface area (Å²) in [6, 6.07) is 15.7. The molecule has 7 nitrogen and oxygen atoms in total. The lowest BCUT2D eigenvalue weighted by Crippen LogP contribution is -2.29. The van der Waals surface area contributed by atoms with E-state index in [1.54, 1.807) is 48.5 Å². The summed E-state index contributed by atoms with van der Waals surface area (Å²) >= 11 is 12.5. The van der Waals surface area contributed by atoms with Crippen LogP contribution in [0.25, 0.3) is 5.76 Å². The largest absolute Gasteiger partial charge is 0.507 e. The maximum atomic E-state index is 13.5. The molecule has 1 heterocycles. The van der Waals surface area contributed by atoms with Crippen molar-refractivity contribution in [2.45, 2.75) is 26.0 Å². The fraction of sp³-hybridized carbons (Fsp3) is 0.214. The second-order valence-corrected chi connectivity index (χ2v) is 9.42. The number of rotatable bonds is 7. The molecule has 4 rings (SSSR count). The van der Waals surface area contributed by atoms with Gasteiger partial charge in [0.25, 0.3) is 11.7 Å². The van der Waals surface area contributed by atoms with E-state index in [4.69, 9.17) is 37.4 Å². The van der Waals surface area contributed by atoms with Crippen molar-refractivity contribution in [3.63, 3.8) is 0 Å². The van der Waals surface area contributed by atoms with E-state index < -0.39 is 23.5 Å². The van der Waals surface area contributed by atoms with Crippen LogP contribution in [0.3, 0.4) is 0 Å². The molecule has 1 fully saturated rings. The van der Waals surface area contributed by atoms with Crippen LogP contribution in [0, 0.1) is 0 Å². The number of amides is 1. The number of ketones is 1. The maximum absolute atomic E-state index is 13.5. The summed E-state index contributed by atoms with van der Waals surface area (Å²) in [5.74, 6) is -0.997. The van der Waals surface area contributed by atoms with E-state index in [2.05, 4.69) is 0 Å². The first-order valence-electron chi connectivity index (χ1n) is 11.4. The van der Waals surface area contributed by atoms with Gasteiger partial charge >= 0.3 is 0 Å². The van der Waals surface area contributed by atoms with Gasteiger partial charge in [0.15, 0.2) is 0 Å². The second-order valence-electron chi connectivity index (χ2n) is 8.58. The Morgan fingerprint density at radius 1 is 0.946 bits per heavy atom. The van der Waals surface area contributed by atoms with Crippen molar-refractivity contribution in [3.8, 4) is 17.2 Å². The van der Waals surface area contributed by atoms with Crippen LogP contribution in [-0.4, -0.2) is 37.1 Å². The molecule has 0 saturated carbocycles. The molecule has 3 aromatic carbocycles. The van der Waals surface area contributed by atoms with Crippen LogP contribution >= 0.6 is 23.2 Å². The van der Waals surface area contributed by atoms with Gasteiger partial charge in [0.05, 0.1) is 42.5 Å². The monoisotopic (exact) mass is 541 g/mol. The number of methoxy groups -OCH3 is 2. The number of carbonyl (C=O) groups is 2. The molecule has 1 aliphatic heterocycles. The summed E-state index contributed by atoms with van der Waals surface area (Å²) in [6.07, 6.45) is -0.0992. The third-order valence-corrected chi connectivity index (χ3v) is 6.29. The Morgan fingerprint density at radius 2 is 1.65 bits per heavy atom. The normalized spacial score (nSPS) is 16.8. The molecule has 0 aromatic heterocycles. The van der Waals surface area contributed by atoms with Crippen molar-refractivity contribution in [2.24, 2.45) is 0 Å². The number of hydrogen-bond donors (Lipinski definition) is 1. The van der Waals surface area contributed by atoms with E-state index in [-0.39, 0.29) is 33.0 Å². The van der Waals surface area contributed by atoms with E-state index in [1.807, 2.05) is 13.8 Å². The zero-order chi connectivity index (χ0) is 26.9. The fourth-order valence-corrected chi connectivity index (χ4v) is 4.86. The quantitative estimate of drug-likeness (QED) is 0.211. The lowest BCUT2D eigenvalue weighted by molar-refractivity contribution is -0.132. The molecule has 1 N–H and O–H groups in total. The highest BCUT2D eigenvalue weighted by Gasteiger charge is 2.47. The first kappa shape index (κ1) is 26.4. The number of benzene rings is 3. The number of aliphatic hydroxyl groups excluding tert-OH is 1. The molecule has 1 unspecified atom stereocenters. The summed E-state index contributed by atoms with van der Waals surface area (Å²) < 4.78 is 16.6. The molecule has 9 heteroatoms. The van der Waals surface area contributed by atoms with Gasteiger partial charge in [0.2, 0.25) is 0 Å². The molecule has 1 saturated heterocycles. The summed E-state index contributed by atoms with van der Waals surface area (Å²) in [7, 11) is 2.89. The van der Waals surface area contributed by atoms with Crippen molar-refractivity contribution in [1.82, 2.24) is 0 Å². The molecule has 192 valence electrons. The van der Waals surface area contributed by atoms with E-state index in [1.165, 1.54) is 31.3 Å². The van der Waals surface area contributed by atoms with Gasteiger partial charge in [0, 0.05) is 16.8 Å². The minimum absolute atomic E-state index is 0.0863. The second kappa shape index (κ2) is 10.7. The highest BCUT2D eigenvalue weighted by atomic mass is 35.5. The van der Waals surface area contributed by atoms with Crippen molar-refractivity contribution >= 4 is 46.3 Å². The van der Waals surface area contributed by atoms with Gasteiger partial charge in [-0.15, -0.1) is 0 Å². The maximum Gasteiger partial charge on any atom is 0.300 e. The predicted octanol–water partition coefficient (Wildman–Crippen LogP) is 6.42. The topological polar surface area (TPSA) is 85.3 Å². The van der Waals surface area contributed by atoms with Gasteiger partial charge in [0.1, 0.15) is 23.0 Å². The average molecular weight is 542 g/mol. The summed E-state index contributed by atoms with van der Waals surface area (Å²) in [5.41, 5.74) is 0.903. The van der Waals surface area contributed by atoms with Gasteiger partial charge in [-0.3, -0.25) is 14.5 Å². The number of aliphatic hydroxyl groups is 1. The highest BCUT2D eigenvalue weighted by molar-refractivity contribution is 6.52. The number of halogens is 2. The number of carbonyl (C=O) groups excluding carboxylic acids is 2. The van der Waals surface area contributed by atoms with Gasteiger partial charge in [-0.25, -0.2) is 0 Å². The van der Waals surface area contributed by atoms with Crippen LogP contribution in [0.1, 0.15) is 31.0 Å². The third kappa shape index (κ3) is 5.10. The van der Waals surface area contributed by atoms with Crippen molar-refractivity contribution in [3.05, 3.63) is 87.4 Å². The van der Waals surface area contributed by atoms with E-state index in [0.29, 0.717) is 22.7 Å². The fourth-order valence-electron chi connectivity index (χ4n) is 4.29. The smallest absolute Gasteiger partial charge is 0.300 e. The van der Waals surface area contributed by atoms with Crippen LogP contribution in [0.15, 0.2) is 66.2 Å². The predicted molar refractivity (Wildman–Crippen MR) is 143 cm³/mol. The third-order valence-electron chi connectivity index (χ3n) is 5.79. The minimum atomic E-state index is -0.995. The molecule has 1 amide bonds. The Balaban J connectivity index is 2.00. The Hall–Kier alpha value is -3.68. The summed E-state index contributed by atoms with van der Waals surface area (Å²) in [5, 5.41) is 11.9. The molecule has 3 aromatic rings. The lowest BCUT2D eigenvalue weighted by Gasteiger charge is -2.26. The Morgan fingerprint density at radius 3 is 2.32 bits per heavy atom. The number of ether oxygens (including phenoxy) is 3. The average Bonchev–Trinajstić information content (AvgIpc) is 3.13. The number of hydrogen-bond acceptors (Lipinski definition) is 6. The van der Waals surface area contributed by atoms with Crippen LogP contribution in [0.4, 0.5) is 5.69 Å². The first-order valence-corrected chi connectivity index (χ1v) is 12.2. The standard InChI is InChI=1S/C28H25Cl2NO6/c1-15(2)37-20-10-5-7-16(11-20)24-23(25(32)21-12-17(29)13-22(30)27(21)36-4)26(33)28(34)31(24)18-8-6-9-19(14-18)35-3/h5-15,24,32H,1-4H3/b25-23+. The Labute approximate surface area is 224 Å². The van der Waals surface area contributed by atoms with E-state index in [9.17, 15) is 14.7 Å². The minimum Gasteiger partial charge on any atom is -0.507 e. The van der Waals surface area contributed by atoms with Gasteiger partial charge in [-0.2, -0.15) is 0 Å². The lowest BCUT2D eigenvalue weighted by atomic mass is 9.94. The Bertz CT molecular complexity index is 1400. The molecule has 0 spiro atoms. The molecule has 0 bridgehead atoms. The number of nitrogens with zero attached hydrogens (tertiary/aromatic N) is 1. The molecule has 0 radical (unpaired) electrons. The van der Waals surface area contributed by atoms with Gasteiger partial charge in [-0.05, 0) is 55.8 Å². The molecular formula is C28H25Cl2NO6. The van der Waals surface area contributed by atoms with Crippen molar-refractivity contribution < 1.29 is 28.9 Å². The molecule has 1 atom stereocenters. The van der Waals surface area contributed by atoms with E-state index >= 15 is 0 Å². The number of anilines is 1. The van der Waals surface area contributed by atoms with Gasteiger partial charge in [-0.1, -0.05) is 41.4 Å². The zero-order valence-corrected chi connectivity index (χ0v) is 22.1. The van der Waals surface area contributed by atoms with Crippen molar-refractivity contribution in [1.29, 1.82) is 0 Å². The molecule has 1 aliphatic rings. The SMILES string of the molecule is COc1cccc(N2C(=O)C(=O)/C(=C(/O)c3cc(Cl)cc(Cl)c3OC)C2c2cccc(OC(C)C)c2)c1. The molecule has 37 heavy (non-hydrogen) atoms. The number of Topliss-reactive ketones (excluding diaryl/α,β-unsaturated/α-hetero) is 1.